The van der Waals surface area contributed by atoms with Gasteiger partial charge in [-0.1, -0.05) is 68.3 Å². The summed E-state index contributed by atoms with van der Waals surface area (Å²) in [5, 5.41) is 2.73. The van der Waals surface area contributed by atoms with Crippen LogP contribution in [0.3, 0.4) is 0 Å². The van der Waals surface area contributed by atoms with Crippen LogP contribution in [0.5, 0.6) is 5.75 Å². The van der Waals surface area contributed by atoms with Gasteiger partial charge in [-0.25, -0.2) is 9.69 Å². The maximum absolute atomic E-state index is 13.0. The summed E-state index contributed by atoms with van der Waals surface area (Å²) >= 11 is 6.24. The van der Waals surface area contributed by atoms with E-state index in [0.717, 1.165) is 21.6 Å². The molecule has 0 spiro atoms. The molecule has 1 aliphatic heterocycles. The highest BCUT2D eigenvalue weighted by Gasteiger charge is 2.39. The molecule has 3 aromatic rings. The SMILES string of the molecule is Cc1ccc(OC(=O)c2ccc(NC3=C(Cl)C(=O)N(c4ccccc4C)C3=O)cc2)c(C(C)(C)C)c1. The highest BCUT2D eigenvalue weighted by molar-refractivity contribution is 6.53. The number of esters is 1. The van der Waals surface area contributed by atoms with Crippen LogP contribution >= 0.6 is 11.6 Å². The Morgan fingerprint density at radius 1 is 0.917 bits per heavy atom. The van der Waals surface area contributed by atoms with E-state index in [1.165, 1.54) is 0 Å². The van der Waals surface area contributed by atoms with Crippen LogP contribution in [-0.2, 0) is 15.0 Å². The Morgan fingerprint density at radius 2 is 1.58 bits per heavy atom. The lowest BCUT2D eigenvalue weighted by Crippen LogP contribution is -2.32. The molecule has 1 aliphatic rings. The van der Waals surface area contributed by atoms with E-state index in [1.807, 2.05) is 38.1 Å². The molecule has 0 fully saturated rings. The summed E-state index contributed by atoms with van der Waals surface area (Å²) in [5.74, 6) is -1.11. The topological polar surface area (TPSA) is 75.7 Å². The molecule has 4 rings (SSSR count). The number of rotatable bonds is 5. The van der Waals surface area contributed by atoms with Gasteiger partial charge in [-0.15, -0.1) is 0 Å². The standard InChI is InChI=1S/C29H27ClN2O4/c1-17-10-15-23(21(16-17)29(3,4)5)36-28(35)19-11-13-20(14-12-19)31-25-24(30)26(33)32(27(25)34)22-9-7-6-8-18(22)2/h6-16,31H,1-5H3. The molecule has 36 heavy (non-hydrogen) atoms. The van der Waals surface area contributed by atoms with Crippen molar-refractivity contribution in [3.63, 3.8) is 0 Å². The predicted molar refractivity (Wildman–Crippen MR) is 141 cm³/mol. The van der Waals surface area contributed by atoms with Crippen molar-refractivity contribution in [2.45, 2.75) is 40.0 Å². The van der Waals surface area contributed by atoms with Gasteiger partial charge in [-0.3, -0.25) is 9.59 Å². The monoisotopic (exact) mass is 502 g/mol. The number of imide groups is 1. The van der Waals surface area contributed by atoms with Crippen molar-refractivity contribution in [2.75, 3.05) is 10.2 Å². The fourth-order valence-corrected chi connectivity index (χ4v) is 4.17. The molecule has 1 N–H and O–H groups in total. The van der Waals surface area contributed by atoms with Crippen LogP contribution < -0.4 is 15.0 Å². The summed E-state index contributed by atoms with van der Waals surface area (Å²) in [4.78, 5) is 39.6. The van der Waals surface area contributed by atoms with E-state index in [2.05, 4.69) is 26.1 Å². The highest BCUT2D eigenvalue weighted by Crippen LogP contribution is 2.34. The molecular formula is C29H27ClN2O4. The second-order valence-corrected chi connectivity index (χ2v) is 10.1. The number of amides is 2. The fraction of sp³-hybridized carbons (Fsp3) is 0.207. The Balaban J connectivity index is 1.51. The molecule has 0 bridgehead atoms. The van der Waals surface area contributed by atoms with Crippen LogP contribution in [0.25, 0.3) is 0 Å². The minimum Gasteiger partial charge on any atom is -0.423 e. The Kier molecular flexibility index (Phi) is 6.74. The molecule has 0 aliphatic carbocycles. The van der Waals surface area contributed by atoms with Crippen LogP contribution in [0, 0.1) is 13.8 Å². The number of nitrogens with one attached hydrogen (secondary N) is 1. The molecule has 0 saturated heterocycles. The van der Waals surface area contributed by atoms with Gasteiger partial charge in [0.15, 0.2) is 0 Å². The molecule has 2 amide bonds. The zero-order valence-electron chi connectivity index (χ0n) is 20.8. The Labute approximate surface area is 215 Å². The van der Waals surface area contributed by atoms with Crippen LogP contribution in [0.15, 0.2) is 77.5 Å². The van der Waals surface area contributed by atoms with Crippen LogP contribution in [0.1, 0.15) is 47.8 Å². The molecular weight excluding hydrogens is 476 g/mol. The number of anilines is 2. The third-order valence-corrected chi connectivity index (χ3v) is 6.27. The van der Waals surface area contributed by atoms with E-state index in [9.17, 15) is 14.4 Å². The Hall–Kier alpha value is -3.90. The van der Waals surface area contributed by atoms with Crippen LogP contribution in [-0.4, -0.2) is 17.8 Å². The van der Waals surface area contributed by atoms with Crippen molar-refractivity contribution in [1.29, 1.82) is 0 Å². The van der Waals surface area contributed by atoms with Gasteiger partial charge in [-0.2, -0.15) is 0 Å². The molecule has 0 radical (unpaired) electrons. The lowest BCUT2D eigenvalue weighted by molar-refractivity contribution is -0.120. The maximum Gasteiger partial charge on any atom is 0.343 e. The number of benzene rings is 3. The number of aryl methyl sites for hydroxylation is 2. The molecule has 6 nitrogen and oxygen atoms in total. The van der Waals surface area contributed by atoms with E-state index in [-0.39, 0.29) is 16.1 Å². The van der Waals surface area contributed by atoms with E-state index in [0.29, 0.717) is 22.7 Å². The third kappa shape index (κ3) is 4.90. The molecule has 3 aromatic carbocycles. The highest BCUT2D eigenvalue weighted by atomic mass is 35.5. The first-order valence-corrected chi connectivity index (χ1v) is 11.9. The van der Waals surface area contributed by atoms with E-state index >= 15 is 0 Å². The quantitative estimate of drug-likeness (QED) is 0.253. The summed E-state index contributed by atoms with van der Waals surface area (Å²) in [7, 11) is 0. The van der Waals surface area contributed by atoms with Gasteiger partial charge in [0.1, 0.15) is 16.5 Å². The van der Waals surface area contributed by atoms with Crippen LogP contribution in [0.4, 0.5) is 11.4 Å². The summed E-state index contributed by atoms with van der Waals surface area (Å²) < 4.78 is 5.71. The molecule has 0 unspecified atom stereocenters. The van der Waals surface area contributed by atoms with Gasteiger partial charge in [-0.05, 0) is 61.2 Å². The average Bonchev–Trinajstić information content (AvgIpc) is 3.03. The van der Waals surface area contributed by atoms with Crippen molar-refractivity contribution in [3.8, 4) is 5.75 Å². The average molecular weight is 503 g/mol. The molecule has 0 saturated carbocycles. The van der Waals surface area contributed by atoms with Gasteiger partial charge in [0.25, 0.3) is 11.8 Å². The van der Waals surface area contributed by atoms with Crippen molar-refractivity contribution >= 4 is 40.8 Å². The van der Waals surface area contributed by atoms with E-state index < -0.39 is 17.8 Å². The summed E-state index contributed by atoms with van der Waals surface area (Å²) in [6.45, 7) is 10.0. The molecule has 0 atom stereocenters. The Bertz CT molecular complexity index is 1400. The largest absolute Gasteiger partial charge is 0.423 e. The number of carbonyl (C=O) groups is 3. The van der Waals surface area contributed by atoms with Crippen molar-refractivity contribution in [3.05, 3.63) is 99.7 Å². The number of nitrogens with zero attached hydrogens (tertiary/aromatic N) is 1. The summed E-state index contributed by atoms with van der Waals surface area (Å²) in [6, 6.07) is 19.2. The Morgan fingerprint density at radius 3 is 2.22 bits per heavy atom. The minimum absolute atomic E-state index is 0.0188. The first-order chi connectivity index (χ1) is 17.0. The van der Waals surface area contributed by atoms with Gasteiger partial charge in [0, 0.05) is 11.3 Å². The van der Waals surface area contributed by atoms with Gasteiger partial charge in [0.2, 0.25) is 0 Å². The van der Waals surface area contributed by atoms with Crippen molar-refractivity contribution < 1.29 is 19.1 Å². The second-order valence-electron chi connectivity index (χ2n) is 9.76. The molecule has 184 valence electrons. The maximum atomic E-state index is 13.0. The normalized spacial score (nSPS) is 13.9. The van der Waals surface area contributed by atoms with Gasteiger partial charge >= 0.3 is 5.97 Å². The lowest BCUT2D eigenvalue weighted by atomic mass is 9.85. The second kappa shape index (κ2) is 9.63. The number of ether oxygens (including phenoxy) is 1. The lowest BCUT2D eigenvalue weighted by Gasteiger charge is -2.22. The zero-order chi connectivity index (χ0) is 26.2. The van der Waals surface area contributed by atoms with Crippen molar-refractivity contribution in [1.82, 2.24) is 0 Å². The van der Waals surface area contributed by atoms with E-state index in [4.69, 9.17) is 16.3 Å². The first kappa shape index (κ1) is 25.2. The van der Waals surface area contributed by atoms with Gasteiger partial charge < -0.3 is 10.1 Å². The first-order valence-electron chi connectivity index (χ1n) is 11.5. The number of hydrogen-bond donors (Lipinski definition) is 1. The number of para-hydroxylation sites is 1. The smallest absolute Gasteiger partial charge is 0.343 e. The summed E-state index contributed by atoms with van der Waals surface area (Å²) in [6.07, 6.45) is 0. The third-order valence-electron chi connectivity index (χ3n) is 5.92. The summed E-state index contributed by atoms with van der Waals surface area (Å²) in [5.41, 5.74) is 3.91. The fourth-order valence-electron chi connectivity index (χ4n) is 3.96. The number of hydrogen-bond acceptors (Lipinski definition) is 5. The number of carbonyl (C=O) groups excluding carboxylic acids is 3. The van der Waals surface area contributed by atoms with E-state index in [1.54, 1.807) is 42.5 Å². The number of halogens is 1. The minimum atomic E-state index is -0.591. The molecule has 7 heteroatoms. The van der Waals surface area contributed by atoms with Crippen LogP contribution in [0.2, 0.25) is 0 Å². The predicted octanol–water partition coefficient (Wildman–Crippen LogP) is 6.26. The van der Waals surface area contributed by atoms with Gasteiger partial charge in [0.05, 0.1) is 11.3 Å². The van der Waals surface area contributed by atoms with Crippen molar-refractivity contribution in [2.24, 2.45) is 0 Å². The molecule has 0 aromatic heterocycles. The zero-order valence-corrected chi connectivity index (χ0v) is 21.6. The molecule has 1 heterocycles.